The van der Waals surface area contributed by atoms with Crippen LogP contribution in [0.25, 0.3) is 0 Å². The molecule has 1 N–H and O–H groups in total. The van der Waals surface area contributed by atoms with Gasteiger partial charge in [0.2, 0.25) is 0 Å². The number of hydrogen-bond donors (Lipinski definition) is 1. The summed E-state index contributed by atoms with van der Waals surface area (Å²) >= 11 is 1.45. The van der Waals surface area contributed by atoms with Gasteiger partial charge in [-0.05, 0) is 56.0 Å². The van der Waals surface area contributed by atoms with Crippen molar-refractivity contribution in [3.8, 4) is 5.75 Å². The van der Waals surface area contributed by atoms with Gasteiger partial charge >= 0.3 is 5.97 Å². The predicted octanol–water partition coefficient (Wildman–Crippen LogP) is 5.35. The summed E-state index contributed by atoms with van der Waals surface area (Å²) in [6.45, 7) is 2.03. The third-order valence-electron chi connectivity index (χ3n) is 4.17. The summed E-state index contributed by atoms with van der Waals surface area (Å²) in [6, 6.07) is 16.2. The molecule has 0 heterocycles. The molecule has 0 bridgehead atoms. The molecular formula is C21H26O3S. The molecule has 25 heavy (non-hydrogen) atoms. The Kier molecular flexibility index (Phi) is 7.86. The standard InChI is InChI=1S/C21H26O3S/c1-16-8-14-19(15-9-16)25-20(21(22)23)7-5-3-4-6-17-10-12-18(24-2)13-11-17/h8-15,20H,3-7H2,1-2H3,(H,22,23). The van der Waals surface area contributed by atoms with Gasteiger partial charge in [-0.2, -0.15) is 0 Å². The lowest BCUT2D eigenvalue weighted by atomic mass is 10.1. The van der Waals surface area contributed by atoms with Gasteiger partial charge in [0.05, 0.1) is 7.11 Å². The lowest BCUT2D eigenvalue weighted by molar-refractivity contribution is -0.136. The SMILES string of the molecule is COc1ccc(CCCCCC(Sc2ccc(C)cc2)C(=O)O)cc1. The average molecular weight is 359 g/mol. The van der Waals surface area contributed by atoms with Crippen LogP contribution in [0.15, 0.2) is 53.4 Å². The molecular weight excluding hydrogens is 332 g/mol. The monoisotopic (exact) mass is 358 g/mol. The third-order valence-corrected chi connectivity index (χ3v) is 5.43. The number of methoxy groups -OCH3 is 1. The summed E-state index contributed by atoms with van der Waals surface area (Å²) < 4.78 is 5.16. The maximum Gasteiger partial charge on any atom is 0.316 e. The Balaban J connectivity index is 1.71. The summed E-state index contributed by atoms with van der Waals surface area (Å²) in [6.07, 6.45) is 4.79. The third kappa shape index (κ3) is 6.83. The fraction of sp³-hybridized carbons (Fsp3) is 0.381. The summed E-state index contributed by atoms with van der Waals surface area (Å²) in [5, 5.41) is 9.07. The van der Waals surface area contributed by atoms with E-state index >= 15 is 0 Å². The van der Waals surface area contributed by atoms with Crippen LogP contribution in [0.4, 0.5) is 0 Å². The topological polar surface area (TPSA) is 46.5 Å². The molecule has 0 aliphatic carbocycles. The zero-order chi connectivity index (χ0) is 18.1. The quantitative estimate of drug-likeness (QED) is 0.459. The van der Waals surface area contributed by atoms with Crippen LogP contribution < -0.4 is 4.74 Å². The number of benzene rings is 2. The fourth-order valence-corrected chi connectivity index (χ4v) is 3.65. The normalized spacial score (nSPS) is 11.9. The van der Waals surface area contributed by atoms with Gasteiger partial charge in [-0.1, -0.05) is 42.7 Å². The van der Waals surface area contributed by atoms with E-state index in [1.807, 2.05) is 43.3 Å². The van der Waals surface area contributed by atoms with Crippen LogP contribution in [0.2, 0.25) is 0 Å². The van der Waals surface area contributed by atoms with Crippen LogP contribution in [0, 0.1) is 6.92 Å². The number of aryl methyl sites for hydroxylation is 2. The van der Waals surface area contributed by atoms with E-state index in [2.05, 4.69) is 12.1 Å². The number of aliphatic carboxylic acids is 1. The number of carboxylic acid groups (broad SMARTS) is 1. The van der Waals surface area contributed by atoms with Crippen LogP contribution in [-0.4, -0.2) is 23.4 Å². The van der Waals surface area contributed by atoms with Crippen molar-refractivity contribution in [1.82, 2.24) is 0 Å². The molecule has 0 radical (unpaired) electrons. The van der Waals surface area contributed by atoms with Crippen molar-refractivity contribution in [3.05, 3.63) is 59.7 Å². The van der Waals surface area contributed by atoms with Crippen molar-refractivity contribution in [3.63, 3.8) is 0 Å². The Bertz CT molecular complexity index is 650. The van der Waals surface area contributed by atoms with Crippen LogP contribution >= 0.6 is 11.8 Å². The first-order valence-corrected chi connectivity index (χ1v) is 9.55. The first kappa shape index (κ1) is 19.4. The average Bonchev–Trinajstić information content (AvgIpc) is 2.62. The molecule has 0 saturated carbocycles. The molecule has 4 heteroatoms. The molecule has 0 aliphatic heterocycles. The highest BCUT2D eigenvalue weighted by molar-refractivity contribution is 8.00. The Morgan fingerprint density at radius 3 is 2.32 bits per heavy atom. The molecule has 134 valence electrons. The first-order valence-electron chi connectivity index (χ1n) is 8.67. The van der Waals surface area contributed by atoms with Crippen molar-refractivity contribution in [2.75, 3.05) is 7.11 Å². The molecule has 0 saturated heterocycles. The molecule has 0 spiro atoms. The predicted molar refractivity (Wildman–Crippen MR) is 104 cm³/mol. The van der Waals surface area contributed by atoms with Crippen molar-refractivity contribution in [2.24, 2.45) is 0 Å². The van der Waals surface area contributed by atoms with Gasteiger partial charge in [-0.25, -0.2) is 0 Å². The highest BCUT2D eigenvalue weighted by Crippen LogP contribution is 2.27. The van der Waals surface area contributed by atoms with E-state index in [0.717, 1.165) is 36.3 Å². The molecule has 0 fully saturated rings. The molecule has 1 atom stereocenters. The molecule has 2 aromatic rings. The summed E-state index contributed by atoms with van der Waals surface area (Å²) in [4.78, 5) is 12.5. The highest BCUT2D eigenvalue weighted by Gasteiger charge is 2.18. The van der Waals surface area contributed by atoms with Crippen molar-refractivity contribution >= 4 is 17.7 Å². The molecule has 0 aliphatic rings. The van der Waals surface area contributed by atoms with E-state index in [-0.39, 0.29) is 5.25 Å². The van der Waals surface area contributed by atoms with E-state index in [9.17, 15) is 9.90 Å². The largest absolute Gasteiger partial charge is 0.497 e. The van der Waals surface area contributed by atoms with Crippen molar-refractivity contribution < 1.29 is 14.6 Å². The minimum absolute atomic E-state index is 0.372. The minimum Gasteiger partial charge on any atom is -0.497 e. The van der Waals surface area contributed by atoms with Gasteiger partial charge < -0.3 is 9.84 Å². The second-order valence-electron chi connectivity index (χ2n) is 6.21. The summed E-state index contributed by atoms with van der Waals surface area (Å²) in [5.41, 5.74) is 2.49. The van der Waals surface area contributed by atoms with Crippen LogP contribution in [-0.2, 0) is 11.2 Å². The maximum atomic E-state index is 11.5. The molecule has 1 unspecified atom stereocenters. The number of rotatable bonds is 10. The van der Waals surface area contributed by atoms with Crippen molar-refractivity contribution in [2.45, 2.75) is 49.2 Å². The zero-order valence-corrected chi connectivity index (χ0v) is 15.7. The van der Waals surface area contributed by atoms with E-state index in [1.54, 1.807) is 7.11 Å². The second kappa shape index (κ2) is 10.1. The fourth-order valence-electron chi connectivity index (χ4n) is 2.64. The molecule has 0 aromatic heterocycles. The van der Waals surface area contributed by atoms with E-state index < -0.39 is 5.97 Å². The van der Waals surface area contributed by atoms with Crippen LogP contribution in [0.1, 0.15) is 36.8 Å². The Morgan fingerprint density at radius 2 is 1.72 bits per heavy atom. The van der Waals surface area contributed by atoms with Gasteiger partial charge in [0.1, 0.15) is 11.0 Å². The van der Waals surface area contributed by atoms with Crippen LogP contribution in [0.5, 0.6) is 5.75 Å². The van der Waals surface area contributed by atoms with Crippen molar-refractivity contribution in [1.29, 1.82) is 0 Å². The Morgan fingerprint density at radius 1 is 1.04 bits per heavy atom. The van der Waals surface area contributed by atoms with E-state index in [0.29, 0.717) is 6.42 Å². The lowest BCUT2D eigenvalue weighted by Crippen LogP contribution is -2.16. The van der Waals surface area contributed by atoms with Gasteiger partial charge in [0.15, 0.2) is 0 Å². The minimum atomic E-state index is -0.722. The van der Waals surface area contributed by atoms with Gasteiger partial charge in [-0.15, -0.1) is 11.8 Å². The number of unbranched alkanes of at least 4 members (excludes halogenated alkanes) is 2. The summed E-state index contributed by atoms with van der Waals surface area (Å²) in [5.74, 6) is 0.155. The molecule has 2 rings (SSSR count). The first-order chi connectivity index (χ1) is 12.1. The number of carboxylic acids is 1. The Labute approximate surface area is 154 Å². The van der Waals surface area contributed by atoms with Gasteiger partial charge in [-0.3, -0.25) is 4.79 Å². The van der Waals surface area contributed by atoms with E-state index in [4.69, 9.17) is 4.74 Å². The molecule has 0 amide bonds. The highest BCUT2D eigenvalue weighted by atomic mass is 32.2. The molecule has 3 nitrogen and oxygen atoms in total. The van der Waals surface area contributed by atoms with E-state index in [1.165, 1.54) is 22.9 Å². The maximum absolute atomic E-state index is 11.5. The number of hydrogen-bond acceptors (Lipinski definition) is 3. The second-order valence-corrected chi connectivity index (χ2v) is 7.48. The number of ether oxygens (including phenoxy) is 1. The summed E-state index contributed by atoms with van der Waals surface area (Å²) in [7, 11) is 1.67. The van der Waals surface area contributed by atoms with Gasteiger partial charge in [0.25, 0.3) is 0 Å². The molecule has 2 aromatic carbocycles. The zero-order valence-electron chi connectivity index (χ0n) is 14.9. The van der Waals surface area contributed by atoms with Crippen LogP contribution in [0.3, 0.4) is 0 Å². The van der Waals surface area contributed by atoms with Gasteiger partial charge in [0, 0.05) is 4.90 Å². The number of carbonyl (C=O) groups is 1. The smallest absolute Gasteiger partial charge is 0.316 e. The lowest BCUT2D eigenvalue weighted by Gasteiger charge is -2.12. The Hall–Kier alpha value is -1.94. The number of thioether (sulfide) groups is 1.